The van der Waals surface area contributed by atoms with Crippen LogP contribution in [0.3, 0.4) is 0 Å². The Morgan fingerprint density at radius 2 is 1.75 bits per heavy atom. The Labute approximate surface area is 105 Å². The van der Waals surface area contributed by atoms with Crippen LogP contribution in [0.25, 0.3) is 0 Å². The van der Waals surface area contributed by atoms with Gasteiger partial charge in [0.1, 0.15) is 4.60 Å². The van der Waals surface area contributed by atoms with Crippen molar-refractivity contribution in [3.63, 3.8) is 0 Å². The monoisotopic (exact) mass is 316 g/mol. The van der Waals surface area contributed by atoms with Gasteiger partial charge in [-0.15, -0.1) is 0 Å². The van der Waals surface area contributed by atoms with Gasteiger partial charge in [0.2, 0.25) is 0 Å². The van der Waals surface area contributed by atoms with E-state index in [0.29, 0.717) is 0 Å². The first kappa shape index (κ1) is 13.0. The summed E-state index contributed by atoms with van der Waals surface area (Å²) in [6.07, 6.45) is -4.39. The van der Waals surface area contributed by atoms with Crippen LogP contribution in [-0.4, -0.2) is 39.5 Å². The second-order valence-corrected chi connectivity index (χ2v) is 3.19. The normalized spacial score (nSPS) is 11.1. The van der Waals surface area contributed by atoms with E-state index in [-0.39, 0.29) is 38.9 Å². The molecule has 0 aliphatic carbocycles. The van der Waals surface area contributed by atoms with Gasteiger partial charge in [-0.3, -0.25) is 0 Å². The van der Waals surface area contributed by atoms with Gasteiger partial charge in [-0.05, 0) is 31.9 Å². The molecule has 0 bridgehead atoms. The van der Waals surface area contributed by atoms with Crippen LogP contribution in [0.4, 0.5) is 13.2 Å². The molecule has 0 spiro atoms. The standard InChI is InChI=1S/C4HBr2F3N2.Na.H/c5-2-1(4(7,8)9)10-3(6)11-2;;/h(H,10,11);;. The third-order valence-corrected chi connectivity index (χ3v) is 1.86. The summed E-state index contributed by atoms with van der Waals surface area (Å²) in [5.74, 6) is 0. The third-order valence-electron chi connectivity index (χ3n) is 0.914. The molecule has 0 aliphatic heterocycles. The van der Waals surface area contributed by atoms with Gasteiger partial charge in [-0.25, -0.2) is 4.98 Å². The van der Waals surface area contributed by atoms with Crippen molar-refractivity contribution in [1.82, 2.24) is 9.97 Å². The molecule has 12 heavy (non-hydrogen) atoms. The molecule has 8 heteroatoms. The molecule has 64 valence electrons. The molecule has 0 aromatic carbocycles. The van der Waals surface area contributed by atoms with Crippen LogP contribution in [-0.2, 0) is 6.18 Å². The Hall–Kier alpha value is 0.960. The summed E-state index contributed by atoms with van der Waals surface area (Å²) >= 11 is 5.44. The summed E-state index contributed by atoms with van der Waals surface area (Å²) in [5.41, 5.74) is -0.885. The van der Waals surface area contributed by atoms with Crippen LogP contribution < -0.4 is 0 Å². The van der Waals surface area contributed by atoms with Gasteiger partial charge in [0.05, 0.1) is 0 Å². The zero-order valence-corrected chi connectivity index (χ0v) is 8.01. The molecule has 0 radical (unpaired) electrons. The van der Waals surface area contributed by atoms with Crippen molar-refractivity contribution in [1.29, 1.82) is 0 Å². The van der Waals surface area contributed by atoms with Crippen molar-refractivity contribution in [2.24, 2.45) is 0 Å². The van der Waals surface area contributed by atoms with Crippen LogP contribution in [0.1, 0.15) is 5.69 Å². The number of nitrogens with zero attached hydrogens (tertiary/aromatic N) is 1. The zero-order chi connectivity index (χ0) is 8.65. The number of aromatic nitrogens is 2. The van der Waals surface area contributed by atoms with E-state index in [4.69, 9.17) is 0 Å². The number of aromatic amines is 1. The number of nitrogens with one attached hydrogen (secondary N) is 1. The Morgan fingerprint density at radius 1 is 1.25 bits per heavy atom. The van der Waals surface area contributed by atoms with E-state index in [1.54, 1.807) is 0 Å². The molecule has 0 unspecified atom stereocenters. The van der Waals surface area contributed by atoms with Crippen LogP contribution in [0.2, 0.25) is 0 Å². The van der Waals surface area contributed by atoms with Crippen molar-refractivity contribution in [2.75, 3.05) is 0 Å². The average molecular weight is 318 g/mol. The number of H-pyrrole nitrogens is 1. The summed E-state index contributed by atoms with van der Waals surface area (Å²) in [7, 11) is 0. The Kier molecular flexibility index (Phi) is 4.81. The molecule has 0 atom stereocenters. The summed E-state index contributed by atoms with van der Waals surface area (Å²) < 4.78 is 35.6. The fraction of sp³-hybridized carbons (Fsp3) is 0.250. The molecular formula is C4H2Br2F3N2Na. The van der Waals surface area contributed by atoms with Crippen LogP contribution >= 0.6 is 31.9 Å². The number of hydrogen-bond donors (Lipinski definition) is 1. The molecule has 0 aliphatic rings. The quantitative estimate of drug-likeness (QED) is 0.731. The van der Waals surface area contributed by atoms with Gasteiger partial charge in [-0.2, -0.15) is 13.2 Å². The first-order chi connectivity index (χ1) is 4.91. The molecule has 1 N–H and O–H groups in total. The van der Waals surface area contributed by atoms with Crippen molar-refractivity contribution in [2.45, 2.75) is 6.18 Å². The van der Waals surface area contributed by atoms with Gasteiger partial charge >= 0.3 is 35.7 Å². The van der Waals surface area contributed by atoms with Gasteiger partial charge in [0.15, 0.2) is 10.4 Å². The van der Waals surface area contributed by atoms with E-state index in [2.05, 4.69) is 36.8 Å². The predicted molar refractivity (Wildman–Crippen MR) is 46.1 cm³/mol. The van der Waals surface area contributed by atoms with E-state index >= 15 is 0 Å². The Bertz CT molecular complexity index is 272. The minimum absolute atomic E-state index is 0. The average Bonchev–Trinajstić information content (AvgIpc) is 2.08. The summed E-state index contributed by atoms with van der Waals surface area (Å²) in [5, 5.41) is 0. The number of hydrogen-bond acceptors (Lipinski definition) is 1. The van der Waals surface area contributed by atoms with Gasteiger partial charge in [-0.1, -0.05) is 0 Å². The number of rotatable bonds is 0. The van der Waals surface area contributed by atoms with Gasteiger partial charge in [0, 0.05) is 0 Å². The van der Waals surface area contributed by atoms with Gasteiger partial charge < -0.3 is 4.98 Å². The van der Waals surface area contributed by atoms with E-state index in [1.807, 2.05) is 4.98 Å². The fourth-order valence-corrected chi connectivity index (χ4v) is 1.63. The molecule has 1 rings (SSSR count). The first-order valence-electron chi connectivity index (χ1n) is 2.39. The second kappa shape index (κ2) is 4.45. The van der Waals surface area contributed by atoms with E-state index in [0.717, 1.165) is 0 Å². The number of alkyl halides is 3. The summed E-state index contributed by atoms with van der Waals surface area (Å²) in [6, 6.07) is 0. The molecule has 1 aromatic rings. The maximum atomic E-state index is 11.9. The number of imidazole rings is 1. The minimum atomic E-state index is -4.39. The van der Waals surface area contributed by atoms with Crippen LogP contribution in [0.5, 0.6) is 0 Å². The van der Waals surface area contributed by atoms with Crippen molar-refractivity contribution in [3.05, 3.63) is 15.0 Å². The fourth-order valence-electron chi connectivity index (χ4n) is 0.513. The predicted octanol–water partition coefficient (Wildman–Crippen LogP) is 2.31. The molecule has 0 saturated carbocycles. The van der Waals surface area contributed by atoms with Gasteiger partial charge in [0.25, 0.3) is 0 Å². The van der Waals surface area contributed by atoms with Crippen molar-refractivity contribution in [3.8, 4) is 0 Å². The van der Waals surface area contributed by atoms with Crippen molar-refractivity contribution >= 4 is 61.4 Å². The summed E-state index contributed by atoms with van der Waals surface area (Å²) in [6.45, 7) is 0. The third kappa shape index (κ3) is 3.02. The Morgan fingerprint density at radius 3 is 1.92 bits per heavy atom. The second-order valence-electron chi connectivity index (χ2n) is 1.69. The maximum absolute atomic E-state index is 11.9. The van der Waals surface area contributed by atoms with Crippen molar-refractivity contribution < 1.29 is 13.2 Å². The molecule has 0 fully saturated rings. The van der Waals surface area contributed by atoms with E-state index in [1.165, 1.54) is 0 Å². The zero-order valence-electron chi connectivity index (χ0n) is 4.84. The molecule has 1 heterocycles. The molecule has 1 aromatic heterocycles. The molecule has 0 saturated heterocycles. The SMILES string of the molecule is FC(F)(F)c1[nH]c(Br)nc1Br.[NaH]. The molecule has 0 amide bonds. The molecule has 2 nitrogen and oxygen atoms in total. The van der Waals surface area contributed by atoms with E-state index in [9.17, 15) is 13.2 Å². The molecular weight excluding hydrogens is 316 g/mol. The topological polar surface area (TPSA) is 28.7 Å². The number of halogens is 5. The Balaban J connectivity index is 0.00000121. The first-order valence-corrected chi connectivity index (χ1v) is 3.98. The van der Waals surface area contributed by atoms with Crippen LogP contribution in [0, 0.1) is 0 Å². The summed E-state index contributed by atoms with van der Waals surface area (Å²) in [4.78, 5) is 5.45. The van der Waals surface area contributed by atoms with Crippen LogP contribution in [0.15, 0.2) is 9.34 Å². The van der Waals surface area contributed by atoms with E-state index < -0.39 is 11.9 Å².